The summed E-state index contributed by atoms with van der Waals surface area (Å²) in [5, 5.41) is 3.04. The van der Waals surface area contributed by atoms with Crippen molar-refractivity contribution in [2.45, 2.75) is 12.5 Å². The van der Waals surface area contributed by atoms with E-state index < -0.39 is 0 Å². The van der Waals surface area contributed by atoms with Crippen LogP contribution in [0.5, 0.6) is 0 Å². The number of hydrogen-bond acceptors (Lipinski definition) is 1. The first-order valence-corrected chi connectivity index (χ1v) is 7.66. The molecule has 106 valence electrons. The molecule has 0 aliphatic carbocycles. The highest BCUT2D eigenvalue weighted by atomic mass is 79.9. The van der Waals surface area contributed by atoms with Crippen LogP contribution >= 0.6 is 31.9 Å². The normalized spacial score (nSPS) is 12.4. The second-order valence-electron chi connectivity index (χ2n) is 4.45. The largest absolute Gasteiger partial charge is 0.313 e. The molecule has 0 heterocycles. The summed E-state index contributed by atoms with van der Waals surface area (Å²) in [5.41, 5.74) is 1.05. The Morgan fingerprint density at radius 3 is 2.25 bits per heavy atom. The van der Waals surface area contributed by atoms with E-state index in [0.29, 0.717) is 17.5 Å². The van der Waals surface area contributed by atoms with Crippen molar-refractivity contribution in [2.75, 3.05) is 7.05 Å². The Morgan fingerprint density at radius 1 is 1.00 bits per heavy atom. The lowest BCUT2D eigenvalue weighted by molar-refractivity contribution is 0.519. The van der Waals surface area contributed by atoms with Crippen LogP contribution in [0, 0.1) is 11.6 Å². The summed E-state index contributed by atoms with van der Waals surface area (Å²) in [6.45, 7) is 0. The molecule has 0 aliphatic rings. The first-order chi connectivity index (χ1) is 9.51. The topological polar surface area (TPSA) is 12.0 Å². The number of benzene rings is 2. The summed E-state index contributed by atoms with van der Waals surface area (Å²) < 4.78 is 29.3. The van der Waals surface area contributed by atoms with Gasteiger partial charge in [-0.25, -0.2) is 8.78 Å². The fraction of sp³-hybridized carbons (Fsp3) is 0.200. The highest BCUT2D eigenvalue weighted by Gasteiger charge is 2.17. The summed E-state index contributed by atoms with van der Waals surface area (Å²) >= 11 is 6.65. The molecule has 0 amide bonds. The van der Waals surface area contributed by atoms with Crippen molar-refractivity contribution in [2.24, 2.45) is 0 Å². The maximum atomic E-state index is 13.9. The third-order valence-electron chi connectivity index (χ3n) is 3.11. The highest BCUT2D eigenvalue weighted by Crippen LogP contribution is 2.26. The number of rotatable bonds is 4. The second-order valence-corrected chi connectivity index (χ2v) is 6.28. The van der Waals surface area contributed by atoms with Gasteiger partial charge in [0, 0.05) is 20.6 Å². The molecule has 2 rings (SSSR count). The molecule has 0 spiro atoms. The first kappa shape index (κ1) is 15.6. The van der Waals surface area contributed by atoms with Crippen LogP contribution in [0.15, 0.2) is 45.3 Å². The number of hydrogen-bond donors (Lipinski definition) is 1. The van der Waals surface area contributed by atoms with E-state index in [-0.39, 0.29) is 17.7 Å². The van der Waals surface area contributed by atoms with Crippen LogP contribution in [0.2, 0.25) is 0 Å². The van der Waals surface area contributed by atoms with Gasteiger partial charge in [-0.2, -0.15) is 0 Å². The van der Waals surface area contributed by atoms with Gasteiger partial charge in [0.1, 0.15) is 11.6 Å². The van der Waals surface area contributed by atoms with Gasteiger partial charge in [-0.15, -0.1) is 0 Å². The molecule has 2 aromatic rings. The van der Waals surface area contributed by atoms with E-state index in [1.54, 1.807) is 31.3 Å². The van der Waals surface area contributed by atoms with E-state index in [1.165, 1.54) is 12.1 Å². The predicted octanol–water partition coefficient (Wildman–Crippen LogP) is 4.99. The van der Waals surface area contributed by atoms with Crippen molar-refractivity contribution < 1.29 is 8.78 Å². The van der Waals surface area contributed by atoms with Gasteiger partial charge in [-0.1, -0.05) is 31.9 Å². The van der Waals surface area contributed by atoms with E-state index in [4.69, 9.17) is 0 Å². The fourth-order valence-electron chi connectivity index (χ4n) is 2.07. The summed E-state index contributed by atoms with van der Waals surface area (Å²) in [6.07, 6.45) is 0.370. The Bertz CT molecular complexity index is 617. The molecule has 0 radical (unpaired) electrons. The monoisotopic (exact) mass is 403 g/mol. The Morgan fingerprint density at radius 2 is 1.60 bits per heavy atom. The smallest absolute Gasteiger partial charge is 0.128 e. The van der Waals surface area contributed by atoms with Gasteiger partial charge in [0.15, 0.2) is 0 Å². The molecule has 20 heavy (non-hydrogen) atoms. The molecule has 0 saturated carbocycles. The van der Waals surface area contributed by atoms with Crippen LogP contribution in [0.4, 0.5) is 8.78 Å². The van der Waals surface area contributed by atoms with Gasteiger partial charge in [0.2, 0.25) is 0 Å². The van der Waals surface area contributed by atoms with E-state index >= 15 is 0 Å². The number of halogens is 4. The zero-order valence-electron chi connectivity index (χ0n) is 10.8. The van der Waals surface area contributed by atoms with Gasteiger partial charge in [0.25, 0.3) is 0 Å². The van der Waals surface area contributed by atoms with Crippen LogP contribution in [-0.2, 0) is 6.42 Å². The molecule has 5 heteroatoms. The van der Waals surface area contributed by atoms with Crippen molar-refractivity contribution in [1.82, 2.24) is 5.32 Å². The summed E-state index contributed by atoms with van der Waals surface area (Å²) in [6, 6.07) is 9.24. The Labute approximate surface area is 133 Å². The quantitative estimate of drug-likeness (QED) is 0.756. The minimum atomic E-state index is -0.303. The number of likely N-dealkylation sites (N-methyl/N-ethyl adjacent to an activating group) is 1. The van der Waals surface area contributed by atoms with Gasteiger partial charge in [-0.3, -0.25) is 0 Å². The zero-order chi connectivity index (χ0) is 14.7. The average molecular weight is 405 g/mol. The van der Waals surface area contributed by atoms with Crippen LogP contribution in [0.3, 0.4) is 0 Å². The number of nitrogens with one attached hydrogen (secondary N) is 1. The molecule has 0 bridgehead atoms. The van der Waals surface area contributed by atoms with Gasteiger partial charge >= 0.3 is 0 Å². The van der Waals surface area contributed by atoms with E-state index in [0.717, 1.165) is 8.95 Å². The Kier molecular flexibility index (Phi) is 5.29. The molecule has 0 saturated heterocycles. The van der Waals surface area contributed by atoms with Gasteiger partial charge in [0.05, 0.1) is 0 Å². The molecule has 0 aromatic heterocycles. The van der Waals surface area contributed by atoms with Crippen LogP contribution in [0.25, 0.3) is 0 Å². The van der Waals surface area contributed by atoms with Crippen molar-refractivity contribution in [1.29, 1.82) is 0 Å². The molecule has 1 unspecified atom stereocenters. The second kappa shape index (κ2) is 6.78. The van der Waals surface area contributed by atoms with E-state index in [2.05, 4.69) is 37.2 Å². The first-order valence-electron chi connectivity index (χ1n) is 6.07. The molecule has 0 fully saturated rings. The summed E-state index contributed by atoms with van der Waals surface area (Å²) in [5.74, 6) is -0.591. The molecule has 1 nitrogen and oxygen atoms in total. The van der Waals surface area contributed by atoms with Crippen molar-refractivity contribution in [3.8, 4) is 0 Å². The zero-order valence-corrected chi connectivity index (χ0v) is 13.9. The maximum absolute atomic E-state index is 13.9. The van der Waals surface area contributed by atoms with Crippen LogP contribution < -0.4 is 5.32 Å². The van der Waals surface area contributed by atoms with Crippen molar-refractivity contribution >= 4 is 31.9 Å². The molecular formula is C15H13Br2F2N. The van der Waals surface area contributed by atoms with Crippen molar-refractivity contribution in [3.05, 3.63) is 68.1 Å². The predicted molar refractivity (Wildman–Crippen MR) is 83.7 cm³/mol. The fourth-order valence-corrected chi connectivity index (χ4v) is 2.86. The van der Waals surface area contributed by atoms with Crippen molar-refractivity contribution in [3.63, 3.8) is 0 Å². The molecule has 1 N–H and O–H groups in total. The highest BCUT2D eigenvalue weighted by molar-refractivity contribution is 9.10. The Hall–Kier alpha value is -0.780. The average Bonchev–Trinajstić information content (AvgIpc) is 2.42. The third-order valence-corrected chi connectivity index (χ3v) is 4.10. The minimum absolute atomic E-state index is 0.288. The molecule has 1 atom stereocenters. The van der Waals surface area contributed by atoms with Crippen LogP contribution in [-0.4, -0.2) is 7.05 Å². The summed E-state index contributed by atoms with van der Waals surface area (Å²) in [4.78, 5) is 0. The molecule has 0 aliphatic heterocycles. The SMILES string of the molecule is CNC(Cc1cc(Br)ccc1F)c1cc(Br)ccc1F. The Balaban J connectivity index is 2.33. The van der Waals surface area contributed by atoms with Gasteiger partial charge in [-0.05, 0) is 55.4 Å². The maximum Gasteiger partial charge on any atom is 0.128 e. The van der Waals surface area contributed by atoms with Crippen LogP contribution in [0.1, 0.15) is 17.2 Å². The standard InChI is InChI=1S/C15H13Br2F2N/c1-20-15(12-8-11(17)3-5-14(12)19)7-9-6-10(16)2-4-13(9)18/h2-6,8,15,20H,7H2,1H3. The van der Waals surface area contributed by atoms with Gasteiger partial charge < -0.3 is 5.32 Å². The summed E-state index contributed by atoms with van der Waals surface area (Å²) in [7, 11) is 1.74. The van der Waals surface area contributed by atoms with E-state index in [9.17, 15) is 8.78 Å². The minimum Gasteiger partial charge on any atom is -0.313 e. The lowest BCUT2D eigenvalue weighted by Gasteiger charge is -2.18. The van der Waals surface area contributed by atoms with E-state index in [1.807, 2.05) is 0 Å². The molecular weight excluding hydrogens is 392 g/mol. The lowest BCUT2D eigenvalue weighted by atomic mass is 9.98. The lowest BCUT2D eigenvalue weighted by Crippen LogP contribution is -2.20. The molecule has 2 aromatic carbocycles. The third kappa shape index (κ3) is 3.65.